The number of nitrogen functional groups attached to an aromatic ring is 1. The van der Waals surface area contributed by atoms with Gasteiger partial charge in [-0.25, -0.2) is 0 Å². The molecule has 1 heterocycles. The molecule has 0 bridgehead atoms. The fourth-order valence-corrected chi connectivity index (χ4v) is 2.00. The largest absolute Gasteiger partial charge is 0.397 e. The third-order valence-corrected chi connectivity index (χ3v) is 3.16. The fraction of sp³-hybridized carbons (Fsp3) is 0.545. The molecule has 3 nitrogen and oxygen atoms in total. The van der Waals surface area contributed by atoms with Crippen LogP contribution in [-0.4, -0.2) is 10.5 Å². The highest BCUT2D eigenvalue weighted by molar-refractivity contribution is 5.53. The molecule has 1 aromatic heterocycles. The Labute approximate surface area is 84.7 Å². The zero-order valence-electron chi connectivity index (χ0n) is 8.59. The summed E-state index contributed by atoms with van der Waals surface area (Å²) in [7, 11) is 0. The molecule has 14 heavy (non-hydrogen) atoms. The minimum atomic E-state index is 0.315. The lowest BCUT2D eigenvalue weighted by Gasteiger charge is -2.42. The van der Waals surface area contributed by atoms with Crippen molar-refractivity contribution in [3.63, 3.8) is 0 Å². The first-order valence-corrected chi connectivity index (χ1v) is 5.23. The number of rotatable bonds is 3. The second-order valence-corrected chi connectivity index (χ2v) is 4.12. The van der Waals surface area contributed by atoms with Gasteiger partial charge < -0.3 is 11.1 Å². The Balaban J connectivity index is 2.09. The van der Waals surface area contributed by atoms with Gasteiger partial charge in [0.1, 0.15) is 0 Å². The van der Waals surface area contributed by atoms with Crippen molar-refractivity contribution in [2.24, 2.45) is 0 Å². The van der Waals surface area contributed by atoms with E-state index >= 15 is 0 Å². The summed E-state index contributed by atoms with van der Waals surface area (Å²) in [6.45, 7) is 2.23. The summed E-state index contributed by atoms with van der Waals surface area (Å²) in [5.74, 6) is 0. The van der Waals surface area contributed by atoms with E-state index in [4.69, 9.17) is 5.73 Å². The SMILES string of the molecule is CCC1(Nc2cncc(N)c2)CCC1. The minimum Gasteiger partial charge on any atom is -0.397 e. The van der Waals surface area contributed by atoms with Crippen LogP contribution in [0.15, 0.2) is 18.5 Å². The van der Waals surface area contributed by atoms with E-state index in [0.717, 1.165) is 11.4 Å². The topological polar surface area (TPSA) is 50.9 Å². The highest BCUT2D eigenvalue weighted by Crippen LogP contribution is 2.37. The first-order valence-electron chi connectivity index (χ1n) is 5.23. The van der Waals surface area contributed by atoms with Gasteiger partial charge in [0, 0.05) is 11.7 Å². The molecule has 0 radical (unpaired) electrons. The van der Waals surface area contributed by atoms with Gasteiger partial charge in [-0.1, -0.05) is 6.92 Å². The Morgan fingerprint density at radius 1 is 1.50 bits per heavy atom. The molecular weight excluding hydrogens is 174 g/mol. The predicted molar refractivity (Wildman–Crippen MR) is 59.1 cm³/mol. The number of anilines is 2. The van der Waals surface area contributed by atoms with Gasteiger partial charge in [-0.3, -0.25) is 4.98 Å². The molecule has 76 valence electrons. The summed E-state index contributed by atoms with van der Waals surface area (Å²) in [5.41, 5.74) is 7.76. The van der Waals surface area contributed by atoms with Crippen molar-refractivity contribution in [2.75, 3.05) is 11.1 Å². The monoisotopic (exact) mass is 191 g/mol. The highest BCUT2D eigenvalue weighted by Gasteiger charge is 2.34. The van der Waals surface area contributed by atoms with E-state index in [0.29, 0.717) is 5.54 Å². The van der Waals surface area contributed by atoms with Crippen molar-refractivity contribution in [1.82, 2.24) is 4.98 Å². The minimum absolute atomic E-state index is 0.315. The van der Waals surface area contributed by atoms with Gasteiger partial charge in [-0.15, -0.1) is 0 Å². The Bertz CT molecular complexity index is 313. The van der Waals surface area contributed by atoms with Gasteiger partial charge >= 0.3 is 0 Å². The summed E-state index contributed by atoms with van der Waals surface area (Å²) in [5, 5.41) is 3.54. The second kappa shape index (κ2) is 3.48. The van der Waals surface area contributed by atoms with Crippen molar-refractivity contribution >= 4 is 11.4 Å². The molecule has 1 aromatic rings. The molecule has 0 amide bonds. The molecule has 1 aliphatic carbocycles. The van der Waals surface area contributed by atoms with E-state index in [1.165, 1.54) is 25.7 Å². The first-order chi connectivity index (χ1) is 6.74. The Morgan fingerprint density at radius 3 is 2.79 bits per heavy atom. The van der Waals surface area contributed by atoms with Crippen molar-refractivity contribution < 1.29 is 0 Å². The number of hydrogen-bond acceptors (Lipinski definition) is 3. The zero-order chi connectivity index (χ0) is 10.0. The normalized spacial score (nSPS) is 18.6. The highest BCUT2D eigenvalue weighted by atomic mass is 15.0. The molecule has 3 N–H and O–H groups in total. The van der Waals surface area contributed by atoms with Crippen LogP contribution in [-0.2, 0) is 0 Å². The van der Waals surface area contributed by atoms with Crippen molar-refractivity contribution in [3.8, 4) is 0 Å². The van der Waals surface area contributed by atoms with E-state index in [1.807, 2.05) is 12.3 Å². The first kappa shape index (κ1) is 9.31. The third-order valence-electron chi connectivity index (χ3n) is 3.16. The molecule has 0 unspecified atom stereocenters. The van der Waals surface area contributed by atoms with Gasteiger partial charge in [0.25, 0.3) is 0 Å². The van der Waals surface area contributed by atoms with Crippen LogP contribution >= 0.6 is 0 Å². The lowest BCUT2D eigenvalue weighted by Crippen LogP contribution is -2.44. The van der Waals surface area contributed by atoms with E-state index in [-0.39, 0.29) is 0 Å². The van der Waals surface area contributed by atoms with Crippen molar-refractivity contribution in [2.45, 2.75) is 38.1 Å². The van der Waals surface area contributed by atoms with Crippen LogP contribution in [0, 0.1) is 0 Å². The Kier molecular flexibility index (Phi) is 2.32. The number of aromatic nitrogens is 1. The van der Waals surface area contributed by atoms with Crippen molar-refractivity contribution in [1.29, 1.82) is 0 Å². The summed E-state index contributed by atoms with van der Waals surface area (Å²) in [6.07, 6.45) is 8.53. The van der Waals surface area contributed by atoms with Crippen LogP contribution in [0.25, 0.3) is 0 Å². The molecule has 0 aromatic carbocycles. The molecule has 1 fully saturated rings. The molecular formula is C11H17N3. The summed E-state index contributed by atoms with van der Waals surface area (Å²) < 4.78 is 0. The smallest absolute Gasteiger partial charge is 0.0551 e. The van der Waals surface area contributed by atoms with Gasteiger partial charge in [0.05, 0.1) is 17.6 Å². The Hall–Kier alpha value is -1.25. The number of nitrogens with one attached hydrogen (secondary N) is 1. The molecule has 1 aliphatic rings. The van der Waals surface area contributed by atoms with Crippen LogP contribution in [0.1, 0.15) is 32.6 Å². The molecule has 2 rings (SSSR count). The van der Waals surface area contributed by atoms with E-state index < -0.39 is 0 Å². The maximum atomic E-state index is 5.68. The van der Waals surface area contributed by atoms with Gasteiger partial charge in [0.2, 0.25) is 0 Å². The second-order valence-electron chi connectivity index (χ2n) is 4.12. The van der Waals surface area contributed by atoms with Gasteiger partial charge in [0.15, 0.2) is 0 Å². The van der Waals surface area contributed by atoms with Crippen LogP contribution in [0.4, 0.5) is 11.4 Å². The molecule has 3 heteroatoms. The number of pyridine rings is 1. The maximum absolute atomic E-state index is 5.68. The number of nitrogens with two attached hydrogens (primary N) is 1. The quantitative estimate of drug-likeness (QED) is 0.771. The predicted octanol–water partition coefficient (Wildman–Crippen LogP) is 2.41. The summed E-state index contributed by atoms with van der Waals surface area (Å²) in [6, 6.07) is 1.95. The molecule has 0 atom stereocenters. The van der Waals surface area contributed by atoms with E-state index in [9.17, 15) is 0 Å². The van der Waals surface area contributed by atoms with Gasteiger partial charge in [-0.2, -0.15) is 0 Å². The van der Waals surface area contributed by atoms with Crippen LogP contribution in [0.5, 0.6) is 0 Å². The average Bonchev–Trinajstić information content (AvgIpc) is 2.11. The molecule has 0 saturated heterocycles. The van der Waals surface area contributed by atoms with Crippen LogP contribution in [0.3, 0.4) is 0 Å². The molecule has 1 saturated carbocycles. The van der Waals surface area contributed by atoms with E-state index in [1.54, 1.807) is 6.20 Å². The molecule has 0 aliphatic heterocycles. The summed E-state index contributed by atoms with van der Waals surface area (Å²) in [4.78, 5) is 4.07. The van der Waals surface area contributed by atoms with E-state index in [2.05, 4.69) is 17.2 Å². The fourth-order valence-electron chi connectivity index (χ4n) is 2.00. The van der Waals surface area contributed by atoms with Crippen molar-refractivity contribution in [3.05, 3.63) is 18.5 Å². The third kappa shape index (κ3) is 1.67. The standard InChI is InChI=1S/C11H17N3/c1-2-11(4-3-5-11)14-10-6-9(12)7-13-8-10/h6-8,14H,2-5,12H2,1H3. The lowest BCUT2D eigenvalue weighted by molar-refractivity contribution is 0.269. The molecule has 0 spiro atoms. The lowest BCUT2D eigenvalue weighted by atomic mass is 9.75. The number of nitrogens with zero attached hydrogens (tertiary/aromatic N) is 1. The Morgan fingerprint density at radius 2 is 2.29 bits per heavy atom. The van der Waals surface area contributed by atoms with Crippen LogP contribution < -0.4 is 11.1 Å². The van der Waals surface area contributed by atoms with Crippen LogP contribution in [0.2, 0.25) is 0 Å². The summed E-state index contributed by atoms with van der Waals surface area (Å²) >= 11 is 0. The van der Waals surface area contributed by atoms with Gasteiger partial charge in [-0.05, 0) is 31.7 Å². The average molecular weight is 191 g/mol. The number of hydrogen-bond donors (Lipinski definition) is 2. The maximum Gasteiger partial charge on any atom is 0.0551 e. The zero-order valence-corrected chi connectivity index (χ0v) is 8.59.